The highest BCUT2D eigenvalue weighted by atomic mass is 14.3. The second-order valence-electron chi connectivity index (χ2n) is 17.5. The fraction of sp³-hybridized carbons (Fsp3) is 1.00. The number of rotatable bonds is 34. The van der Waals surface area contributed by atoms with Crippen molar-refractivity contribution >= 4 is 0 Å². The summed E-state index contributed by atoms with van der Waals surface area (Å²) in [4.78, 5) is 0. The molecule has 0 heterocycles. The predicted octanol–water partition coefficient (Wildman–Crippen LogP) is 17.4. The minimum Gasteiger partial charge on any atom is -0.0651 e. The van der Waals surface area contributed by atoms with Crippen molar-refractivity contribution in [3.63, 3.8) is 0 Å². The van der Waals surface area contributed by atoms with Gasteiger partial charge in [-0.05, 0) is 123 Å². The Bertz CT molecular complexity index is 579. The Labute approximate surface area is 308 Å². The van der Waals surface area contributed by atoms with Crippen molar-refractivity contribution in [3.05, 3.63) is 0 Å². The molecular formula is C48H98. The molecule has 0 bridgehead atoms. The van der Waals surface area contributed by atoms with Crippen LogP contribution in [0.1, 0.15) is 244 Å². The second-order valence-corrected chi connectivity index (χ2v) is 17.5. The van der Waals surface area contributed by atoms with Gasteiger partial charge in [0.1, 0.15) is 0 Å². The van der Waals surface area contributed by atoms with E-state index in [1.807, 2.05) is 0 Å². The van der Waals surface area contributed by atoms with Crippen molar-refractivity contribution in [2.75, 3.05) is 0 Å². The van der Waals surface area contributed by atoms with E-state index in [2.05, 4.69) is 90.0 Å². The molecule has 2 unspecified atom stereocenters. The average molecular weight is 675 g/mol. The molecule has 0 aliphatic heterocycles. The van der Waals surface area contributed by atoms with Crippen LogP contribution < -0.4 is 0 Å². The van der Waals surface area contributed by atoms with E-state index in [1.165, 1.54) is 154 Å². The van der Waals surface area contributed by atoms with Crippen LogP contribution in [0, 0.1) is 65.1 Å². The van der Waals surface area contributed by atoms with Gasteiger partial charge in [-0.3, -0.25) is 0 Å². The molecule has 0 aliphatic carbocycles. The molecule has 0 saturated heterocycles. The molecule has 0 N–H and O–H groups in total. The normalized spacial score (nSPS) is 14.1. The maximum absolute atomic E-state index is 2.50. The van der Waals surface area contributed by atoms with Gasteiger partial charge in [0.05, 0.1) is 0 Å². The van der Waals surface area contributed by atoms with Gasteiger partial charge >= 0.3 is 0 Å². The maximum Gasteiger partial charge on any atom is -0.0406 e. The lowest BCUT2D eigenvalue weighted by Gasteiger charge is -2.34. The molecule has 0 amide bonds. The molecular weight excluding hydrogens is 577 g/mol. The summed E-state index contributed by atoms with van der Waals surface area (Å²) in [5, 5.41) is 0. The minimum absolute atomic E-state index is 0.924. The smallest absolute Gasteiger partial charge is 0.0406 e. The Balaban J connectivity index is 6.51. The maximum atomic E-state index is 2.50. The van der Waals surface area contributed by atoms with E-state index in [4.69, 9.17) is 0 Å². The van der Waals surface area contributed by atoms with Crippen LogP contribution in [0.2, 0.25) is 0 Å². The van der Waals surface area contributed by atoms with E-state index in [-0.39, 0.29) is 0 Å². The standard InChI is InChI=1S/C48H98/c1-14-38(15-2)29-44(26-13)35-45(30-39(16-3)17-4)27-28-46(36-47(31-40(18-5)19-6)32-41(20-7)21-8)37-48(33-42(22-9)23-10)34-43(24-11)25-12/h38-48H,14-37H2,1-13H3. The van der Waals surface area contributed by atoms with Crippen LogP contribution in [-0.4, -0.2) is 0 Å². The summed E-state index contributed by atoms with van der Waals surface area (Å²) in [5.41, 5.74) is 0. The van der Waals surface area contributed by atoms with E-state index in [1.54, 1.807) is 0 Å². The number of hydrogen-bond donors (Lipinski definition) is 0. The molecule has 0 aromatic rings. The van der Waals surface area contributed by atoms with Crippen LogP contribution in [0.15, 0.2) is 0 Å². The van der Waals surface area contributed by atoms with Gasteiger partial charge in [-0.2, -0.15) is 0 Å². The lowest BCUT2D eigenvalue weighted by Crippen LogP contribution is -2.22. The van der Waals surface area contributed by atoms with Crippen molar-refractivity contribution in [3.8, 4) is 0 Å². The zero-order valence-corrected chi connectivity index (χ0v) is 36.3. The third kappa shape index (κ3) is 20.8. The van der Waals surface area contributed by atoms with Crippen molar-refractivity contribution in [2.24, 2.45) is 65.1 Å². The molecule has 290 valence electrons. The molecule has 0 fully saturated rings. The molecule has 0 spiro atoms. The lowest BCUT2D eigenvalue weighted by atomic mass is 9.71. The van der Waals surface area contributed by atoms with Gasteiger partial charge in [-0.25, -0.2) is 0 Å². The van der Waals surface area contributed by atoms with Crippen LogP contribution in [-0.2, 0) is 0 Å². The molecule has 0 aliphatic rings. The Hall–Kier alpha value is 0. The van der Waals surface area contributed by atoms with Gasteiger partial charge in [0, 0.05) is 0 Å². The van der Waals surface area contributed by atoms with E-state index in [0.717, 1.165) is 65.1 Å². The first-order valence-corrected chi connectivity index (χ1v) is 23.2. The molecule has 0 saturated carbocycles. The first-order chi connectivity index (χ1) is 23.2. The highest BCUT2D eigenvalue weighted by Gasteiger charge is 2.28. The summed E-state index contributed by atoms with van der Waals surface area (Å²) in [6, 6.07) is 0. The Morgan fingerprint density at radius 3 is 0.521 bits per heavy atom. The topological polar surface area (TPSA) is 0 Å². The third-order valence-corrected chi connectivity index (χ3v) is 14.5. The van der Waals surface area contributed by atoms with Crippen molar-refractivity contribution < 1.29 is 0 Å². The first kappa shape index (κ1) is 48.0. The molecule has 2 atom stereocenters. The second kappa shape index (κ2) is 30.6. The molecule has 0 radical (unpaired) electrons. The average Bonchev–Trinajstić information content (AvgIpc) is 3.12. The van der Waals surface area contributed by atoms with Crippen molar-refractivity contribution in [1.82, 2.24) is 0 Å². The van der Waals surface area contributed by atoms with Crippen LogP contribution in [0.4, 0.5) is 0 Å². The van der Waals surface area contributed by atoms with Crippen LogP contribution >= 0.6 is 0 Å². The highest BCUT2D eigenvalue weighted by Crippen LogP contribution is 2.41. The molecule has 0 nitrogen and oxygen atoms in total. The van der Waals surface area contributed by atoms with Gasteiger partial charge in [0.25, 0.3) is 0 Å². The van der Waals surface area contributed by atoms with E-state index in [9.17, 15) is 0 Å². The zero-order valence-electron chi connectivity index (χ0n) is 36.3. The van der Waals surface area contributed by atoms with Crippen LogP contribution in [0.25, 0.3) is 0 Å². The number of hydrogen-bond acceptors (Lipinski definition) is 0. The van der Waals surface area contributed by atoms with Gasteiger partial charge in [0.2, 0.25) is 0 Å². The molecule has 0 aromatic carbocycles. The fourth-order valence-electron chi connectivity index (χ4n) is 10.1. The van der Waals surface area contributed by atoms with E-state index < -0.39 is 0 Å². The van der Waals surface area contributed by atoms with Gasteiger partial charge < -0.3 is 0 Å². The summed E-state index contributed by atoms with van der Waals surface area (Å²) in [7, 11) is 0. The zero-order chi connectivity index (χ0) is 36.3. The van der Waals surface area contributed by atoms with Gasteiger partial charge in [0.15, 0.2) is 0 Å². The van der Waals surface area contributed by atoms with Crippen molar-refractivity contribution in [1.29, 1.82) is 0 Å². The quantitative estimate of drug-likeness (QED) is 0.0637. The summed E-state index contributed by atoms with van der Waals surface area (Å²) >= 11 is 0. The summed E-state index contributed by atoms with van der Waals surface area (Å²) < 4.78 is 0. The molecule has 0 aromatic heterocycles. The summed E-state index contributed by atoms with van der Waals surface area (Å²) in [6.07, 6.45) is 34.4. The Morgan fingerprint density at radius 1 is 0.167 bits per heavy atom. The molecule has 0 rings (SSSR count). The minimum atomic E-state index is 0.924. The van der Waals surface area contributed by atoms with E-state index >= 15 is 0 Å². The highest BCUT2D eigenvalue weighted by molar-refractivity contribution is 4.80. The first-order valence-electron chi connectivity index (χ1n) is 23.2. The van der Waals surface area contributed by atoms with Crippen LogP contribution in [0.5, 0.6) is 0 Å². The SMILES string of the molecule is CCC(CC)CC(CC)CC(CCC(CC(CC(CC)CC)CC(CC)CC)CC(CC(CC)CC)CC(CC)CC)CC(CC)CC. The largest absolute Gasteiger partial charge is 0.0651 e. The summed E-state index contributed by atoms with van der Waals surface area (Å²) in [5.74, 6) is 10.2. The Kier molecular flexibility index (Phi) is 30.6. The van der Waals surface area contributed by atoms with Crippen LogP contribution in [0.3, 0.4) is 0 Å². The van der Waals surface area contributed by atoms with Crippen molar-refractivity contribution in [2.45, 2.75) is 244 Å². The van der Waals surface area contributed by atoms with E-state index in [0.29, 0.717) is 0 Å². The Morgan fingerprint density at radius 2 is 0.312 bits per heavy atom. The molecule has 48 heavy (non-hydrogen) atoms. The predicted molar refractivity (Wildman–Crippen MR) is 223 cm³/mol. The fourth-order valence-corrected chi connectivity index (χ4v) is 10.1. The van der Waals surface area contributed by atoms with Gasteiger partial charge in [-0.1, -0.05) is 186 Å². The summed E-state index contributed by atoms with van der Waals surface area (Å²) in [6.45, 7) is 32.1. The van der Waals surface area contributed by atoms with Gasteiger partial charge in [-0.15, -0.1) is 0 Å². The third-order valence-electron chi connectivity index (χ3n) is 14.5. The molecule has 0 heteroatoms. The monoisotopic (exact) mass is 675 g/mol. The lowest BCUT2D eigenvalue weighted by molar-refractivity contribution is 0.173.